The van der Waals surface area contributed by atoms with E-state index in [-0.39, 0.29) is 51.6 Å². The lowest BCUT2D eigenvalue weighted by Crippen LogP contribution is -2.51. The van der Waals surface area contributed by atoms with Crippen LogP contribution in [0, 0.1) is 5.82 Å². The maximum Gasteiger partial charge on any atom is 0.424 e. The molecule has 1 unspecified atom stereocenters. The van der Waals surface area contributed by atoms with E-state index in [1.165, 1.54) is 32.2 Å². The topological polar surface area (TPSA) is 142 Å². The number of methoxy groups -OCH3 is 1. The number of rotatable bonds is 8. The number of hydrogen-bond acceptors (Lipinski definition) is 7. The van der Waals surface area contributed by atoms with Crippen LogP contribution in [0.2, 0.25) is 5.02 Å². The van der Waals surface area contributed by atoms with Gasteiger partial charge in [-0.25, -0.2) is 9.37 Å². The molecule has 45 heavy (non-hydrogen) atoms. The van der Waals surface area contributed by atoms with E-state index in [0.717, 1.165) is 31.0 Å². The number of nitrogens with one attached hydrogen (secondary N) is 1. The fourth-order valence-electron chi connectivity index (χ4n) is 5.27. The Morgan fingerprint density at radius 1 is 1.22 bits per heavy atom. The molecule has 4 aromatic rings. The van der Waals surface area contributed by atoms with Crippen molar-refractivity contribution < 1.29 is 41.7 Å². The van der Waals surface area contributed by atoms with Gasteiger partial charge in [0.15, 0.2) is 0 Å². The number of nitrogens with two attached hydrogens (primary N) is 1. The highest BCUT2D eigenvalue weighted by molar-refractivity contribution is 6.30. The fourth-order valence-corrected chi connectivity index (χ4v) is 5.49. The molecule has 2 aliphatic rings. The van der Waals surface area contributed by atoms with Gasteiger partial charge in [0.05, 0.1) is 25.4 Å². The van der Waals surface area contributed by atoms with E-state index in [4.69, 9.17) is 26.8 Å². The normalized spacial score (nSPS) is 19.1. The summed E-state index contributed by atoms with van der Waals surface area (Å²) in [5.74, 6) is -2.56. The van der Waals surface area contributed by atoms with Crippen molar-refractivity contribution in [3.05, 3.63) is 70.3 Å². The van der Waals surface area contributed by atoms with Gasteiger partial charge in [0.25, 0.3) is 5.91 Å². The van der Waals surface area contributed by atoms with E-state index >= 15 is 0 Å². The zero-order valence-electron chi connectivity index (χ0n) is 23.8. The van der Waals surface area contributed by atoms with E-state index in [2.05, 4.69) is 15.4 Å². The fraction of sp³-hybridized carbons (Fsp3) is 0.333. The Kier molecular flexibility index (Phi) is 7.20. The van der Waals surface area contributed by atoms with Crippen LogP contribution in [-0.4, -0.2) is 58.1 Å². The molecule has 3 heterocycles. The molecule has 1 saturated carbocycles. The Bertz CT molecular complexity index is 1860. The van der Waals surface area contributed by atoms with Gasteiger partial charge in [-0.2, -0.15) is 18.3 Å². The number of pyridine rings is 1. The number of primary amides is 1. The number of benzene rings is 2. The second kappa shape index (κ2) is 10.6. The van der Waals surface area contributed by atoms with Crippen LogP contribution in [0.5, 0.6) is 11.5 Å². The summed E-state index contributed by atoms with van der Waals surface area (Å²) in [6, 6.07) is 7.07. The SMILES string of the molecule is COc1cc(C(=O)NCC(O)(c2cc3c(c(-c4cc(F)cc(Cl)c4)n2)OC[C@]3(C)C(N)=O)C(F)(F)F)cc2cn(C3CC3)nc12. The molecular weight excluding hydrogens is 622 g/mol. The molecule has 4 N–H and O–H groups in total. The van der Waals surface area contributed by atoms with Crippen LogP contribution in [0.15, 0.2) is 42.6 Å². The first-order chi connectivity index (χ1) is 21.1. The number of carbonyl (C=O) groups is 2. The van der Waals surface area contributed by atoms with Crippen molar-refractivity contribution in [3.63, 3.8) is 0 Å². The van der Waals surface area contributed by atoms with E-state index in [0.29, 0.717) is 10.9 Å². The molecule has 2 atom stereocenters. The van der Waals surface area contributed by atoms with E-state index in [1.54, 1.807) is 10.9 Å². The summed E-state index contributed by atoms with van der Waals surface area (Å²) in [4.78, 5) is 29.7. The van der Waals surface area contributed by atoms with Gasteiger partial charge in [-0.05, 0) is 56.2 Å². The number of aromatic nitrogens is 3. The number of fused-ring (bicyclic) bond motifs is 2. The molecule has 1 aliphatic heterocycles. The van der Waals surface area contributed by atoms with Crippen molar-refractivity contribution in [1.29, 1.82) is 0 Å². The summed E-state index contributed by atoms with van der Waals surface area (Å²) in [6.45, 7) is -0.363. The predicted octanol–water partition coefficient (Wildman–Crippen LogP) is 4.55. The molecule has 2 aromatic heterocycles. The number of carbonyl (C=O) groups excluding carboxylic acids is 2. The Balaban J connectivity index is 1.41. The van der Waals surface area contributed by atoms with Crippen molar-refractivity contribution in [3.8, 4) is 22.8 Å². The molecule has 10 nitrogen and oxygen atoms in total. The predicted molar refractivity (Wildman–Crippen MR) is 154 cm³/mol. The highest BCUT2D eigenvalue weighted by Crippen LogP contribution is 2.48. The molecule has 0 spiro atoms. The molecule has 1 aliphatic carbocycles. The lowest BCUT2D eigenvalue weighted by Gasteiger charge is -2.31. The van der Waals surface area contributed by atoms with Crippen molar-refractivity contribution in [2.45, 2.75) is 43.0 Å². The maximum atomic E-state index is 14.7. The minimum absolute atomic E-state index is 0.0362. The van der Waals surface area contributed by atoms with Crippen LogP contribution in [0.25, 0.3) is 22.2 Å². The van der Waals surface area contributed by atoms with Crippen LogP contribution < -0.4 is 20.5 Å². The van der Waals surface area contributed by atoms with E-state index in [9.17, 15) is 32.3 Å². The first-order valence-electron chi connectivity index (χ1n) is 13.7. The third kappa shape index (κ3) is 5.21. The first-order valence-corrected chi connectivity index (χ1v) is 14.1. The number of aliphatic hydroxyl groups is 1. The van der Waals surface area contributed by atoms with Crippen LogP contribution in [0.1, 0.15) is 47.4 Å². The Hall–Kier alpha value is -4.43. The number of hydrogen-bond donors (Lipinski definition) is 3. The van der Waals surface area contributed by atoms with Gasteiger partial charge < -0.3 is 25.6 Å². The standard InChI is InChI=1S/C30H26ClF4N5O5/c1-28(27(36)42)13-45-25-20(28)10-22(38-24(25)14-6-17(31)9-18(32)7-14)29(43,30(33,34)35)12-37-26(41)15-5-16-11-40(19-3-4-19)39-23(16)21(8-15)44-2/h5-11,19,43H,3-4,12-13H2,1-2H3,(H2,36,42)(H,37,41)/t28-,29?/m0/s1. The summed E-state index contributed by atoms with van der Waals surface area (Å²) in [5.41, 5.74) is -0.834. The second-order valence-electron chi connectivity index (χ2n) is 11.4. The third-order valence-electron chi connectivity index (χ3n) is 8.14. The average molecular weight is 648 g/mol. The molecule has 2 amide bonds. The van der Waals surface area contributed by atoms with Crippen molar-refractivity contribution >= 4 is 34.3 Å². The largest absolute Gasteiger partial charge is 0.494 e. The smallest absolute Gasteiger partial charge is 0.424 e. The average Bonchev–Trinajstić information content (AvgIpc) is 3.65. The zero-order chi connectivity index (χ0) is 32.5. The summed E-state index contributed by atoms with van der Waals surface area (Å²) >= 11 is 6.01. The van der Waals surface area contributed by atoms with Gasteiger partial charge in [-0.3, -0.25) is 14.3 Å². The lowest BCUT2D eigenvalue weighted by molar-refractivity contribution is -0.265. The van der Waals surface area contributed by atoms with Gasteiger partial charge in [0.1, 0.15) is 40.5 Å². The number of amides is 2. The zero-order valence-corrected chi connectivity index (χ0v) is 24.6. The quantitative estimate of drug-likeness (QED) is 0.238. The van der Waals surface area contributed by atoms with Gasteiger partial charge in [0, 0.05) is 33.3 Å². The van der Waals surface area contributed by atoms with Crippen LogP contribution in [0.4, 0.5) is 17.6 Å². The molecule has 1 fully saturated rings. The lowest BCUT2D eigenvalue weighted by atomic mass is 9.81. The molecule has 2 aromatic carbocycles. The Labute approximate surface area is 258 Å². The minimum Gasteiger partial charge on any atom is -0.494 e. The van der Waals surface area contributed by atoms with Crippen molar-refractivity contribution in [2.75, 3.05) is 20.3 Å². The maximum absolute atomic E-state index is 14.7. The third-order valence-corrected chi connectivity index (χ3v) is 8.36. The molecule has 6 rings (SSSR count). The van der Waals surface area contributed by atoms with E-state index < -0.39 is 47.1 Å². The van der Waals surface area contributed by atoms with Crippen molar-refractivity contribution in [1.82, 2.24) is 20.1 Å². The number of alkyl halides is 3. The highest BCUT2D eigenvalue weighted by atomic mass is 35.5. The van der Waals surface area contributed by atoms with Crippen LogP contribution in [-0.2, 0) is 15.8 Å². The monoisotopic (exact) mass is 647 g/mol. The van der Waals surface area contributed by atoms with E-state index in [1.807, 2.05) is 0 Å². The van der Waals surface area contributed by atoms with Gasteiger partial charge in [-0.1, -0.05) is 11.6 Å². The van der Waals surface area contributed by atoms with Crippen molar-refractivity contribution in [2.24, 2.45) is 5.73 Å². The molecular formula is C30H26ClF4N5O5. The molecule has 236 valence electrons. The number of ether oxygens (including phenoxy) is 2. The summed E-state index contributed by atoms with van der Waals surface area (Å²) in [5, 5.41) is 18.4. The van der Waals surface area contributed by atoms with Gasteiger partial charge >= 0.3 is 6.18 Å². The molecule has 0 bridgehead atoms. The minimum atomic E-state index is -5.39. The summed E-state index contributed by atoms with van der Waals surface area (Å²) in [6.07, 6.45) is -1.76. The molecule has 15 heteroatoms. The van der Waals surface area contributed by atoms with Gasteiger partial charge in [0.2, 0.25) is 11.5 Å². The number of nitrogens with zero attached hydrogens (tertiary/aromatic N) is 3. The Morgan fingerprint density at radius 2 is 1.96 bits per heavy atom. The van der Waals surface area contributed by atoms with Crippen LogP contribution >= 0.6 is 11.6 Å². The summed E-state index contributed by atoms with van der Waals surface area (Å²) in [7, 11) is 1.38. The molecule has 0 radical (unpaired) electrons. The Morgan fingerprint density at radius 3 is 2.58 bits per heavy atom. The molecule has 0 saturated heterocycles. The highest BCUT2D eigenvalue weighted by Gasteiger charge is 2.57. The van der Waals surface area contributed by atoms with Crippen LogP contribution in [0.3, 0.4) is 0 Å². The number of halogens is 5. The second-order valence-corrected chi connectivity index (χ2v) is 11.8. The first kappa shape index (κ1) is 30.6. The van der Waals surface area contributed by atoms with Gasteiger partial charge in [-0.15, -0.1) is 0 Å². The summed E-state index contributed by atoms with van der Waals surface area (Å²) < 4.78 is 71.3.